The second-order valence-electron chi connectivity index (χ2n) is 11.7. The van der Waals surface area contributed by atoms with E-state index in [1.165, 1.54) is 12.1 Å². The van der Waals surface area contributed by atoms with Gasteiger partial charge in [-0.05, 0) is 112 Å². The summed E-state index contributed by atoms with van der Waals surface area (Å²) in [5.74, 6) is -6.43. The van der Waals surface area contributed by atoms with Crippen molar-refractivity contribution in [2.75, 3.05) is 13.2 Å². The van der Waals surface area contributed by atoms with Crippen LogP contribution >= 0.6 is 0 Å². The number of rotatable bonds is 10. The van der Waals surface area contributed by atoms with Gasteiger partial charge in [0.2, 0.25) is 11.6 Å². The molecule has 0 N–H and O–H groups in total. The van der Waals surface area contributed by atoms with Crippen LogP contribution in [0.2, 0.25) is 0 Å². The highest BCUT2D eigenvalue weighted by Gasteiger charge is 2.31. The Bertz CT molecular complexity index is 1450. The van der Waals surface area contributed by atoms with Crippen molar-refractivity contribution in [3.63, 3.8) is 0 Å². The molecule has 0 amide bonds. The third-order valence-corrected chi connectivity index (χ3v) is 9.14. The van der Waals surface area contributed by atoms with Gasteiger partial charge in [0.05, 0.1) is 25.9 Å². The molecule has 5 rings (SSSR count). The molecule has 2 aliphatic carbocycles. The first-order valence-corrected chi connectivity index (χ1v) is 15.5. The van der Waals surface area contributed by atoms with E-state index in [1.54, 1.807) is 38.1 Å². The van der Waals surface area contributed by atoms with Crippen molar-refractivity contribution in [1.29, 1.82) is 0 Å². The minimum absolute atomic E-state index is 0.0975. The Morgan fingerprint density at radius 2 is 0.886 bits per heavy atom. The number of hydrogen-bond acceptors (Lipinski definition) is 3. The first kappa shape index (κ1) is 32.2. The number of halogens is 6. The maximum Gasteiger partial charge on any atom is 0.200 e. The molecule has 0 radical (unpaired) electrons. The lowest BCUT2D eigenvalue weighted by Crippen LogP contribution is -2.22. The van der Waals surface area contributed by atoms with E-state index in [-0.39, 0.29) is 71.9 Å². The predicted molar refractivity (Wildman–Crippen MR) is 155 cm³/mol. The molecule has 3 aromatic rings. The van der Waals surface area contributed by atoms with Gasteiger partial charge in [-0.1, -0.05) is 24.3 Å². The van der Waals surface area contributed by atoms with E-state index < -0.39 is 34.9 Å². The van der Waals surface area contributed by atoms with Gasteiger partial charge in [0.15, 0.2) is 34.8 Å². The van der Waals surface area contributed by atoms with Gasteiger partial charge in [-0.3, -0.25) is 0 Å². The van der Waals surface area contributed by atoms with Gasteiger partial charge in [-0.25, -0.2) is 17.6 Å². The Hall–Kier alpha value is -3.20. The molecule has 0 bridgehead atoms. The van der Waals surface area contributed by atoms with Gasteiger partial charge in [-0.2, -0.15) is 8.78 Å². The first-order chi connectivity index (χ1) is 21.2. The van der Waals surface area contributed by atoms with Gasteiger partial charge in [0, 0.05) is 5.56 Å². The zero-order chi connectivity index (χ0) is 31.4. The van der Waals surface area contributed by atoms with Crippen molar-refractivity contribution in [2.24, 2.45) is 0 Å². The molecule has 238 valence electrons. The van der Waals surface area contributed by atoms with E-state index in [1.807, 2.05) is 0 Å². The van der Waals surface area contributed by atoms with Gasteiger partial charge in [-0.15, -0.1) is 0 Å². The molecule has 2 aliphatic rings. The van der Waals surface area contributed by atoms with Crippen molar-refractivity contribution in [1.82, 2.24) is 0 Å². The molecule has 2 fully saturated rings. The molecule has 0 unspecified atom stereocenters. The average Bonchev–Trinajstić information content (AvgIpc) is 3.03. The standard InChI is InChI=1S/C35H38F6O3/c1-3-42-28-17-15-26(32(38)34(28)40)21-7-5-20(6-8-21)25-14-11-23(30(36)31(25)37)19-44-24-12-9-22(10-13-24)27-16-18-29(43-4-2)35(41)33(27)39/h11,14-18,20-22,24H,3-10,12-13,19H2,1-2H3. The SMILES string of the molecule is CCOc1ccc(C2CCC(OCc3ccc(C4CCC(c5ccc(OCC)c(F)c5F)CC4)c(F)c3F)CC2)c(F)c1F. The van der Waals surface area contributed by atoms with Crippen molar-refractivity contribution in [3.05, 3.63) is 93.6 Å². The zero-order valence-corrected chi connectivity index (χ0v) is 25.0. The van der Waals surface area contributed by atoms with Crippen molar-refractivity contribution < 1.29 is 40.6 Å². The van der Waals surface area contributed by atoms with Crippen molar-refractivity contribution in [2.45, 2.75) is 95.7 Å². The monoisotopic (exact) mass is 620 g/mol. The lowest BCUT2D eigenvalue weighted by molar-refractivity contribution is 0.0116. The van der Waals surface area contributed by atoms with E-state index >= 15 is 8.78 Å². The van der Waals surface area contributed by atoms with Crippen LogP contribution < -0.4 is 9.47 Å². The number of hydrogen-bond donors (Lipinski definition) is 0. The summed E-state index contributed by atoms with van der Waals surface area (Å²) < 4.78 is 105. The third kappa shape index (κ3) is 6.72. The Morgan fingerprint density at radius 1 is 0.500 bits per heavy atom. The molecular formula is C35H38F6O3. The lowest BCUT2D eigenvalue weighted by atomic mass is 9.75. The Labute approximate surface area is 254 Å². The minimum Gasteiger partial charge on any atom is -0.491 e. The van der Waals surface area contributed by atoms with E-state index in [4.69, 9.17) is 14.2 Å². The third-order valence-electron chi connectivity index (χ3n) is 9.14. The summed E-state index contributed by atoms with van der Waals surface area (Å²) in [6.45, 7) is 3.77. The highest BCUT2D eigenvalue weighted by atomic mass is 19.2. The van der Waals surface area contributed by atoms with Crippen LogP contribution in [0.4, 0.5) is 26.3 Å². The lowest BCUT2D eigenvalue weighted by Gasteiger charge is -2.30. The van der Waals surface area contributed by atoms with Gasteiger partial charge < -0.3 is 14.2 Å². The fourth-order valence-corrected chi connectivity index (χ4v) is 6.75. The second kappa shape index (κ2) is 14.3. The van der Waals surface area contributed by atoms with Gasteiger partial charge >= 0.3 is 0 Å². The molecule has 0 aromatic heterocycles. The summed E-state index contributed by atoms with van der Waals surface area (Å²) in [5, 5.41) is 0. The second-order valence-corrected chi connectivity index (χ2v) is 11.7. The predicted octanol–water partition coefficient (Wildman–Crippen LogP) is 10.0. The Balaban J connectivity index is 1.14. The molecule has 0 heterocycles. The van der Waals surface area contributed by atoms with E-state index in [2.05, 4.69) is 0 Å². The molecule has 0 saturated heterocycles. The van der Waals surface area contributed by atoms with Crippen LogP contribution in [0.5, 0.6) is 11.5 Å². The molecule has 44 heavy (non-hydrogen) atoms. The van der Waals surface area contributed by atoms with E-state index in [9.17, 15) is 17.6 Å². The van der Waals surface area contributed by atoms with Crippen molar-refractivity contribution in [3.8, 4) is 11.5 Å². The van der Waals surface area contributed by atoms with Crippen LogP contribution in [-0.2, 0) is 11.3 Å². The summed E-state index contributed by atoms with van der Waals surface area (Å²) in [6, 6.07) is 9.15. The fraction of sp³-hybridized carbons (Fsp3) is 0.486. The maximum atomic E-state index is 15.2. The summed E-state index contributed by atoms with van der Waals surface area (Å²) in [4.78, 5) is 0. The smallest absolute Gasteiger partial charge is 0.200 e. The Kier molecular flexibility index (Phi) is 10.4. The number of ether oxygens (including phenoxy) is 3. The highest BCUT2D eigenvalue weighted by Crippen LogP contribution is 2.43. The van der Waals surface area contributed by atoms with E-state index in [0.717, 1.165) is 0 Å². The van der Waals surface area contributed by atoms with Crippen LogP contribution in [-0.4, -0.2) is 19.3 Å². The number of benzene rings is 3. The minimum atomic E-state index is -0.998. The summed E-state index contributed by atoms with van der Waals surface area (Å²) in [7, 11) is 0. The summed E-state index contributed by atoms with van der Waals surface area (Å²) in [5.41, 5.74) is 1.01. The molecule has 3 aromatic carbocycles. The largest absolute Gasteiger partial charge is 0.491 e. The molecule has 9 heteroatoms. The van der Waals surface area contributed by atoms with E-state index in [0.29, 0.717) is 56.9 Å². The zero-order valence-electron chi connectivity index (χ0n) is 25.0. The summed E-state index contributed by atoms with van der Waals surface area (Å²) >= 11 is 0. The van der Waals surface area contributed by atoms with Crippen LogP contribution in [0, 0.1) is 34.9 Å². The van der Waals surface area contributed by atoms with Gasteiger partial charge in [0.25, 0.3) is 0 Å². The molecule has 3 nitrogen and oxygen atoms in total. The Morgan fingerprint density at radius 3 is 1.32 bits per heavy atom. The van der Waals surface area contributed by atoms with Crippen LogP contribution in [0.25, 0.3) is 0 Å². The summed E-state index contributed by atoms with van der Waals surface area (Å²) in [6.07, 6.45) is 4.23. The van der Waals surface area contributed by atoms with Gasteiger partial charge in [0.1, 0.15) is 0 Å². The van der Waals surface area contributed by atoms with Crippen LogP contribution in [0.1, 0.15) is 105 Å². The van der Waals surface area contributed by atoms with Crippen LogP contribution in [0.3, 0.4) is 0 Å². The molecule has 0 aliphatic heterocycles. The molecular weight excluding hydrogens is 582 g/mol. The first-order valence-electron chi connectivity index (χ1n) is 15.5. The molecule has 2 saturated carbocycles. The topological polar surface area (TPSA) is 27.7 Å². The molecule has 0 spiro atoms. The normalized spacial score (nSPS) is 22.2. The average molecular weight is 621 g/mol. The van der Waals surface area contributed by atoms with Crippen molar-refractivity contribution >= 4 is 0 Å². The maximum absolute atomic E-state index is 15.2. The quantitative estimate of drug-likeness (QED) is 0.211. The molecule has 0 atom stereocenters. The van der Waals surface area contributed by atoms with Crippen LogP contribution in [0.15, 0.2) is 36.4 Å². The fourth-order valence-electron chi connectivity index (χ4n) is 6.75. The highest BCUT2D eigenvalue weighted by molar-refractivity contribution is 5.35.